The van der Waals surface area contributed by atoms with E-state index in [0.29, 0.717) is 17.8 Å². The highest BCUT2D eigenvalue weighted by molar-refractivity contribution is 7.27. The van der Waals surface area contributed by atoms with Gasteiger partial charge in [0.05, 0.1) is 72.1 Å². The lowest BCUT2D eigenvalue weighted by atomic mass is 9.96. The van der Waals surface area contributed by atoms with Crippen LogP contribution in [-0.2, 0) is 0 Å². The molecule has 22 aromatic carbocycles. The van der Waals surface area contributed by atoms with Crippen LogP contribution in [0.25, 0.3) is 321 Å². The van der Waals surface area contributed by atoms with Crippen molar-refractivity contribution in [2.45, 2.75) is 0 Å². The molecule has 12 aromatic heterocycles. The third kappa shape index (κ3) is 11.7. The molecular formula is C130H71N9O4S2. The van der Waals surface area contributed by atoms with Crippen LogP contribution in [0.2, 0.25) is 0 Å². The second-order valence-electron chi connectivity index (χ2n) is 37.5. The molecule has 0 saturated heterocycles. The Balaban J connectivity index is 0.0000000972. The van der Waals surface area contributed by atoms with Crippen LogP contribution >= 0.6 is 22.7 Å². The zero-order chi connectivity index (χ0) is 94.5. The van der Waals surface area contributed by atoms with Crippen LogP contribution in [0.15, 0.2) is 448 Å². The van der Waals surface area contributed by atoms with Crippen LogP contribution in [-0.4, -0.2) is 43.6 Å². The van der Waals surface area contributed by atoms with Gasteiger partial charge in [-0.3, -0.25) is 13.7 Å². The molecule has 0 N–H and O–H groups in total. The number of benzene rings is 22. The lowest BCUT2D eigenvalue weighted by Crippen LogP contribution is -2.03. The topological polar surface area (TPSA) is 145 Å². The van der Waals surface area contributed by atoms with Crippen molar-refractivity contribution in [1.82, 2.24) is 43.6 Å². The predicted molar refractivity (Wildman–Crippen MR) is 603 cm³/mol. The fourth-order valence-corrected chi connectivity index (χ4v) is 26.1. The van der Waals surface area contributed by atoms with Crippen molar-refractivity contribution in [3.05, 3.63) is 431 Å². The minimum absolute atomic E-state index is 0.606. The molecule has 13 nitrogen and oxygen atoms in total. The number of hydrogen-bond donors (Lipinski definition) is 0. The molecule has 0 fully saturated rings. The van der Waals surface area contributed by atoms with Gasteiger partial charge in [0.2, 0.25) is 17.8 Å². The van der Waals surface area contributed by atoms with Crippen molar-refractivity contribution < 1.29 is 17.7 Å². The predicted octanol–water partition coefficient (Wildman–Crippen LogP) is 36.1. The van der Waals surface area contributed by atoms with E-state index in [2.05, 4.69) is 390 Å². The lowest BCUT2D eigenvalue weighted by molar-refractivity contribution is 0.669. The van der Waals surface area contributed by atoms with Crippen molar-refractivity contribution in [2.75, 3.05) is 0 Å². The van der Waals surface area contributed by atoms with Gasteiger partial charge in [0.15, 0.2) is 0 Å². The zero-order valence-corrected chi connectivity index (χ0v) is 78.6. The highest BCUT2D eigenvalue weighted by Crippen LogP contribution is 2.52. The first-order chi connectivity index (χ1) is 71.9. The van der Waals surface area contributed by atoms with Gasteiger partial charge in [-0.15, -0.1) is 22.7 Å². The lowest BCUT2D eigenvalue weighted by Gasteiger charge is -2.14. The Bertz CT molecular complexity index is 11300. The SMILES string of the molecule is c1ccc2c(-c3cc4oc5ccccc5c4c4ccccc34)nc(-n3c4ccccc4c4c5oc6ccccc6c5ccc43)nc2c1.c1ccc2c(-c3cc4oc5ccccc5c4c4ccccc34)nc(-n3c4ccccc4c4c5sc6ccccc6c5ccc43)nc2c1.c1ccc2c(c1)ccc1c2c2c3sc4ccccc4c3ccc2n1-c1nc(-c2cc3oc4ccccc4c3c3ccccc23)c2ccccc2n1. The minimum atomic E-state index is 0.606. The number of fused-ring (bicyclic) bond motifs is 41. The summed E-state index contributed by atoms with van der Waals surface area (Å²) in [5.74, 6) is 1.90. The molecule has 672 valence electrons. The van der Waals surface area contributed by atoms with E-state index in [-0.39, 0.29) is 0 Å². The van der Waals surface area contributed by atoms with E-state index in [1.807, 2.05) is 77.3 Å². The molecule has 0 atom stereocenters. The molecule has 145 heavy (non-hydrogen) atoms. The van der Waals surface area contributed by atoms with Gasteiger partial charge in [-0.05, 0) is 158 Å². The maximum Gasteiger partial charge on any atom is 0.235 e. The molecule has 0 bridgehead atoms. The van der Waals surface area contributed by atoms with Crippen LogP contribution < -0.4 is 0 Å². The minimum Gasteiger partial charge on any atom is -0.456 e. The average molecular weight is 1890 g/mol. The van der Waals surface area contributed by atoms with Crippen LogP contribution in [0.3, 0.4) is 0 Å². The Morgan fingerprint density at radius 1 is 0.172 bits per heavy atom. The molecule has 0 aliphatic heterocycles. The molecular weight excluding hydrogens is 1820 g/mol. The Labute approximate surface area is 829 Å². The van der Waals surface area contributed by atoms with Gasteiger partial charge in [-0.25, -0.2) is 29.9 Å². The Morgan fingerprint density at radius 3 is 0.924 bits per heavy atom. The summed E-state index contributed by atoms with van der Waals surface area (Å²) in [6.45, 7) is 0. The van der Waals surface area contributed by atoms with Gasteiger partial charge in [-0.1, -0.05) is 315 Å². The summed E-state index contributed by atoms with van der Waals surface area (Å²) in [6, 6.07) is 151. The number of hydrogen-bond acceptors (Lipinski definition) is 12. The Hall–Kier alpha value is -19.1. The van der Waals surface area contributed by atoms with E-state index in [1.54, 1.807) is 0 Å². The Kier molecular flexibility index (Phi) is 16.9. The first-order valence-electron chi connectivity index (χ1n) is 48.7. The molecule has 0 radical (unpaired) electrons. The highest BCUT2D eigenvalue weighted by Gasteiger charge is 2.30. The average Bonchev–Trinajstić information content (AvgIpc) is 1.57. The van der Waals surface area contributed by atoms with Crippen molar-refractivity contribution in [3.8, 4) is 51.6 Å². The van der Waals surface area contributed by atoms with E-state index in [0.717, 1.165) is 230 Å². The van der Waals surface area contributed by atoms with E-state index in [1.165, 1.54) is 72.7 Å². The number of nitrogens with zero attached hydrogens (tertiary/aromatic N) is 9. The van der Waals surface area contributed by atoms with Gasteiger partial charge in [0.1, 0.15) is 44.7 Å². The van der Waals surface area contributed by atoms with E-state index in [9.17, 15) is 0 Å². The van der Waals surface area contributed by atoms with E-state index >= 15 is 0 Å². The number of furan rings is 4. The molecule has 0 spiro atoms. The third-order valence-corrected chi connectivity index (χ3v) is 32.2. The number of aromatic nitrogens is 9. The van der Waals surface area contributed by atoms with Crippen molar-refractivity contribution >= 4 is 292 Å². The summed E-state index contributed by atoms with van der Waals surface area (Å²) in [4.78, 5) is 32.2. The second kappa shape index (κ2) is 30.7. The normalized spacial score (nSPS) is 12.3. The third-order valence-electron chi connectivity index (χ3n) is 29.8. The van der Waals surface area contributed by atoms with Gasteiger partial charge in [0, 0.05) is 143 Å². The molecule has 0 amide bonds. The van der Waals surface area contributed by atoms with Crippen molar-refractivity contribution in [1.29, 1.82) is 0 Å². The molecule has 34 rings (SSSR count). The number of thiophene rings is 2. The van der Waals surface area contributed by atoms with Gasteiger partial charge in [-0.2, -0.15) is 0 Å². The van der Waals surface area contributed by atoms with Gasteiger partial charge < -0.3 is 17.7 Å². The van der Waals surface area contributed by atoms with Crippen LogP contribution in [0, 0.1) is 0 Å². The summed E-state index contributed by atoms with van der Waals surface area (Å²) < 4.78 is 37.8. The van der Waals surface area contributed by atoms with Crippen molar-refractivity contribution in [2.24, 2.45) is 0 Å². The molecule has 0 saturated carbocycles. The fraction of sp³-hybridized carbons (Fsp3) is 0. The van der Waals surface area contributed by atoms with Crippen molar-refractivity contribution in [3.63, 3.8) is 0 Å². The van der Waals surface area contributed by atoms with Crippen LogP contribution in [0.1, 0.15) is 0 Å². The first kappa shape index (κ1) is 79.8. The first-order valence-corrected chi connectivity index (χ1v) is 50.3. The molecule has 12 heterocycles. The standard InChI is InChI=1S/C46H25N3OS.C42H23N3O2.C42H23N3OS/c1-2-12-27-26(11-1)21-23-36-42(27)43-37(24-22-31-29-14-7-10-20-40(29)51-45(31)43)49(36)46-47-35-18-8-5-16-32(35)44(48-46)34-25-39-41(30-15-4-3-13-28(30)34)33-17-6-9-19-38(33)50-39;1-2-13-26-24(11-1)31(23-37-38(26)30-16-6-10-20-36(30)46-37)40-28-14-3-7-17-32(28)43-42(44-40)45-33-18-8-4-15-29(33)39-34(45)22-21-27-25-12-5-9-19-35(25)47-41(27)39;1-2-13-26-24(11-1)31(23-36-38(26)30-16-5-9-19-35(30)46-36)40-28-14-3-7-17-32(28)43-42(44-40)45-33-18-8-4-15-29(33)39-34(45)22-21-27-25-12-6-10-20-37(25)47-41(27)39/h1-25H;2*1-23H. The monoisotopic (exact) mass is 1890 g/mol. The maximum absolute atomic E-state index is 6.54. The Morgan fingerprint density at radius 2 is 0.476 bits per heavy atom. The van der Waals surface area contributed by atoms with E-state index in [4.69, 9.17) is 47.6 Å². The molecule has 0 unspecified atom stereocenters. The highest BCUT2D eigenvalue weighted by atomic mass is 32.1. The van der Waals surface area contributed by atoms with Gasteiger partial charge in [0.25, 0.3) is 0 Å². The summed E-state index contributed by atoms with van der Waals surface area (Å²) in [7, 11) is 0. The van der Waals surface area contributed by atoms with Gasteiger partial charge >= 0.3 is 0 Å². The molecule has 15 heteroatoms. The number of para-hydroxylation sites is 9. The number of rotatable bonds is 6. The summed E-state index contributed by atoms with van der Waals surface area (Å²) in [5, 5.41) is 33.4. The summed E-state index contributed by atoms with van der Waals surface area (Å²) in [6.07, 6.45) is 0. The molecule has 0 aliphatic carbocycles. The molecule has 0 aliphatic rings. The zero-order valence-electron chi connectivity index (χ0n) is 77.0. The maximum atomic E-state index is 6.54. The molecule has 34 aromatic rings. The quantitative estimate of drug-likeness (QED) is 0.158. The fourth-order valence-electron chi connectivity index (χ4n) is 23.6. The summed E-state index contributed by atoms with van der Waals surface area (Å²) in [5.41, 5.74) is 21.7. The smallest absolute Gasteiger partial charge is 0.235 e. The van der Waals surface area contributed by atoms with Crippen LogP contribution in [0.4, 0.5) is 0 Å². The largest absolute Gasteiger partial charge is 0.456 e. The van der Waals surface area contributed by atoms with E-state index < -0.39 is 0 Å². The second-order valence-corrected chi connectivity index (χ2v) is 39.6. The van der Waals surface area contributed by atoms with Crippen LogP contribution in [0.5, 0.6) is 0 Å². The summed E-state index contributed by atoms with van der Waals surface area (Å²) >= 11 is 3.72.